The number of rotatable bonds is 7. The summed E-state index contributed by atoms with van der Waals surface area (Å²) < 4.78 is 29.5. The molecule has 2 heterocycles. The molecule has 3 rings (SSSR count). The van der Waals surface area contributed by atoms with Crippen LogP contribution in [-0.2, 0) is 4.57 Å². The molecule has 9 nitrogen and oxygen atoms in total. The highest BCUT2D eigenvalue weighted by Crippen LogP contribution is 2.44. The van der Waals surface area contributed by atoms with E-state index in [1.807, 2.05) is 0 Å². The SMILES string of the molecule is COc1cccc(OC)c1-n1c(SCP(=O)(O)O)nnc1-c1ccc(C)o1. The highest BCUT2D eigenvalue weighted by atomic mass is 32.2. The lowest BCUT2D eigenvalue weighted by atomic mass is 10.2. The molecule has 0 aliphatic carbocycles. The van der Waals surface area contributed by atoms with Gasteiger partial charge in [-0.3, -0.25) is 9.13 Å². The number of aromatic nitrogens is 3. The first kappa shape index (κ1) is 19.5. The van der Waals surface area contributed by atoms with Crippen molar-refractivity contribution in [2.24, 2.45) is 0 Å². The van der Waals surface area contributed by atoms with Crippen molar-refractivity contribution in [3.8, 4) is 28.8 Å². The molecule has 0 bridgehead atoms. The Morgan fingerprint density at radius 1 is 1.15 bits per heavy atom. The van der Waals surface area contributed by atoms with Crippen LogP contribution in [0.25, 0.3) is 17.3 Å². The fourth-order valence-electron chi connectivity index (χ4n) is 2.47. The second-order valence-electron chi connectivity index (χ2n) is 5.50. The van der Waals surface area contributed by atoms with Crippen LogP contribution in [0.5, 0.6) is 11.5 Å². The lowest BCUT2D eigenvalue weighted by molar-refractivity contribution is 0.379. The van der Waals surface area contributed by atoms with Crippen molar-refractivity contribution in [2.75, 3.05) is 19.7 Å². The minimum Gasteiger partial charge on any atom is -0.494 e. The number of nitrogens with zero attached hydrogens (tertiary/aromatic N) is 3. The summed E-state index contributed by atoms with van der Waals surface area (Å²) >= 11 is 0.883. The lowest BCUT2D eigenvalue weighted by Crippen LogP contribution is -2.05. The number of para-hydroxylation sites is 1. The van der Waals surface area contributed by atoms with Gasteiger partial charge in [0.2, 0.25) is 5.82 Å². The van der Waals surface area contributed by atoms with Crippen molar-refractivity contribution >= 4 is 19.4 Å². The van der Waals surface area contributed by atoms with Gasteiger partial charge in [0, 0.05) is 0 Å². The van der Waals surface area contributed by atoms with Crippen LogP contribution in [0.4, 0.5) is 0 Å². The zero-order valence-electron chi connectivity index (χ0n) is 14.8. The molecule has 0 atom stereocenters. The van der Waals surface area contributed by atoms with Gasteiger partial charge in [0.1, 0.15) is 28.4 Å². The molecule has 0 amide bonds. The summed E-state index contributed by atoms with van der Waals surface area (Å²) in [6, 6.07) is 8.79. The molecule has 11 heteroatoms. The molecular weight excluding hydrogens is 393 g/mol. The number of hydrogen-bond donors (Lipinski definition) is 2. The predicted molar refractivity (Wildman–Crippen MR) is 99.7 cm³/mol. The van der Waals surface area contributed by atoms with Gasteiger partial charge in [-0.2, -0.15) is 0 Å². The first-order chi connectivity index (χ1) is 12.8. The number of thioether (sulfide) groups is 1. The summed E-state index contributed by atoms with van der Waals surface area (Å²) in [6.45, 7) is 1.80. The van der Waals surface area contributed by atoms with E-state index in [2.05, 4.69) is 10.2 Å². The molecule has 0 aliphatic heterocycles. The van der Waals surface area contributed by atoms with Crippen LogP contribution in [0.2, 0.25) is 0 Å². The third kappa shape index (κ3) is 4.19. The molecule has 0 unspecified atom stereocenters. The zero-order valence-corrected chi connectivity index (χ0v) is 16.5. The third-order valence-corrected chi connectivity index (χ3v) is 5.97. The molecule has 144 valence electrons. The van der Waals surface area contributed by atoms with Crippen LogP contribution in [0, 0.1) is 6.92 Å². The predicted octanol–water partition coefficient (Wildman–Crippen LogP) is 3.08. The molecule has 1 aromatic carbocycles. The Kier molecular flexibility index (Phi) is 5.61. The van der Waals surface area contributed by atoms with Gasteiger partial charge in [0.05, 0.1) is 14.2 Å². The van der Waals surface area contributed by atoms with Gasteiger partial charge in [0.25, 0.3) is 0 Å². The maximum atomic E-state index is 11.3. The van der Waals surface area contributed by atoms with Crippen molar-refractivity contribution < 1.29 is 28.2 Å². The average molecular weight is 411 g/mol. The molecule has 2 N–H and O–H groups in total. The number of furan rings is 1. The summed E-state index contributed by atoms with van der Waals surface area (Å²) in [4.78, 5) is 18.5. The smallest absolute Gasteiger partial charge is 0.335 e. The summed E-state index contributed by atoms with van der Waals surface area (Å²) in [6.07, 6.45) is 0. The van der Waals surface area contributed by atoms with Gasteiger partial charge in [-0.15, -0.1) is 10.2 Å². The van der Waals surface area contributed by atoms with Crippen molar-refractivity contribution in [3.05, 3.63) is 36.1 Å². The molecule has 27 heavy (non-hydrogen) atoms. The highest BCUT2D eigenvalue weighted by Gasteiger charge is 2.25. The molecule has 3 aromatic rings. The Morgan fingerprint density at radius 2 is 1.81 bits per heavy atom. The summed E-state index contributed by atoms with van der Waals surface area (Å²) in [7, 11) is -1.21. The van der Waals surface area contributed by atoms with E-state index in [-0.39, 0.29) is 5.16 Å². The van der Waals surface area contributed by atoms with E-state index in [4.69, 9.17) is 13.9 Å². The minimum absolute atomic E-state index is 0.269. The topological polar surface area (TPSA) is 120 Å². The Labute approximate surface area is 159 Å². The maximum absolute atomic E-state index is 11.3. The van der Waals surface area contributed by atoms with Crippen LogP contribution in [-0.4, -0.2) is 44.3 Å². The normalized spacial score (nSPS) is 11.6. The monoisotopic (exact) mass is 411 g/mol. The maximum Gasteiger partial charge on any atom is 0.335 e. The molecule has 2 aromatic heterocycles. The van der Waals surface area contributed by atoms with Crippen molar-refractivity contribution in [2.45, 2.75) is 12.1 Å². The molecule has 0 aliphatic rings. The standard InChI is InChI=1S/C16H18N3O6PS/c1-10-7-8-13(25-10)15-17-18-16(27-9-26(20,21)22)19(15)14-11(23-2)5-4-6-12(14)24-3/h4-8H,9H2,1-3H3,(H2,20,21,22). The minimum atomic E-state index is -4.24. The lowest BCUT2D eigenvalue weighted by Gasteiger charge is -2.16. The number of ether oxygens (including phenoxy) is 2. The second-order valence-corrected chi connectivity index (χ2v) is 8.52. The quantitative estimate of drug-likeness (QED) is 0.446. The van der Waals surface area contributed by atoms with Crippen molar-refractivity contribution in [3.63, 3.8) is 0 Å². The van der Waals surface area contributed by atoms with Gasteiger partial charge < -0.3 is 23.7 Å². The van der Waals surface area contributed by atoms with E-state index < -0.39 is 13.1 Å². The summed E-state index contributed by atoms with van der Waals surface area (Å²) in [5.74, 6) is 2.47. The van der Waals surface area contributed by atoms with Crippen LogP contribution >= 0.6 is 19.4 Å². The van der Waals surface area contributed by atoms with Crippen LogP contribution in [0.1, 0.15) is 5.76 Å². The van der Waals surface area contributed by atoms with Crippen LogP contribution in [0.3, 0.4) is 0 Å². The Balaban J connectivity index is 2.23. The molecule has 0 spiro atoms. The van der Waals surface area contributed by atoms with Crippen LogP contribution < -0.4 is 9.47 Å². The number of methoxy groups -OCH3 is 2. The largest absolute Gasteiger partial charge is 0.494 e. The Bertz CT molecular complexity index is 974. The fraction of sp³-hybridized carbons (Fsp3) is 0.250. The fourth-order valence-corrected chi connectivity index (χ4v) is 4.01. The van der Waals surface area contributed by atoms with Gasteiger partial charge in [-0.25, -0.2) is 0 Å². The van der Waals surface area contributed by atoms with Crippen molar-refractivity contribution in [1.82, 2.24) is 14.8 Å². The first-order valence-corrected chi connectivity index (χ1v) is 10.5. The second kappa shape index (κ2) is 7.77. The van der Waals surface area contributed by atoms with E-state index in [9.17, 15) is 14.4 Å². The van der Waals surface area contributed by atoms with E-state index in [0.29, 0.717) is 34.5 Å². The number of benzene rings is 1. The van der Waals surface area contributed by atoms with Gasteiger partial charge in [-0.05, 0) is 31.2 Å². The molecular formula is C16H18N3O6PS. The van der Waals surface area contributed by atoms with Gasteiger partial charge in [0.15, 0.2) is 10.9 Å². The van der Waals surface area contributed by atoms with E-state index >= 15 is 0 Å². The summed E-state index contributed by atoms with van der Waals surface area (Å²) in [5.41, 5.74) is 0.0597. The van der Waals surface area contributed by atoms with E-state index in [0.717, 1.165) is 11.8 Å². The average Bonchev–Trinajstić information content (AvgIpc) is 3.24. The first-order valence-electron chi connectivity index (χ1n) is 7.75. The van der Waals surface area contributed by atoms with Gasteiger partial charge in [-0.1, -0.05) is 17.8 Å². The van der Waals surface area contributed by atoms with Crippen LogP contribution in [0.15, 0.2) is 39.9 Å². The van der Waals surface area contributed by atoms with Crippen molar-refractivity contribution in [1.29, 1.82) is 0 Å². The van der Waals surface area contributed by atoms with Gasteiger partial charge >= 0.3 is 7.60 Å². The van der Waals surface area contributed by atoms with E-state index in [1.54, 1.807) is 41.8 Å². The van der Waals surface area contributed by atoms with E-state index in [1.165, 1.54) is 14.2 Å². The summed E-state index contributed by atoms with van der Waals surface area (Å²) in [5, 5.41) is 8.52. The molecule has 0 fully saturated rings. The molecule has 0 saturated heterocycles. The Hall–Kier alpha value is -2.26. The molecule has 0 saturated carbocycles. The number of aryl methyl sites for hydroxylation is 1. The highest BCUT2D eigenvalue weighted by molar-refractivity contribution is 8.04. The number of hydrogen-bond acceptors (Lipinski definition) is 7. The molecule has 0 radical (unpaired) electrons. The zero-order chi connectivity index (χ0) is 19.6. The third-order valence-electron chi connectivity index (χ3n) is 3.58. The Morgan fingerprint density at radius 3 is 2.33 bits per heavy atom.